The van der Waals surface area contributed by atoms with Crippen LogP contribution in [0.5, 0.6) is 11.5 Å². The molecule has 3 rings (SSSR count). The van der Waals surface area contributed by atoms with Gasteiger partial charge in [0.25, 0.3) is 0 Å². The van der Waals surface area contributed by atoms with Gasteiger partial charge in [0.05, 0.1) is 5.56 Å². The molecule has 9 heteroatoms. The van der Waals surface area contributed by atoms with Gasteiger partial charge in [0, 0.05) is 12.1 Å². The van der Waals surface area contributed by atoms with Gasteiger partial charge in [0.2, 0.25) is 5.75 Å². The maximum absolute atomic E-state index is 14.8. The number of hydrogen-bond donors (Lipinski definition) is 0. The zero-order chi connectivity index (χ0) is 22.1. The summed E-state index contributed by atoms with van der Waals surface area (Å²) in [7, 11) is 0. The van der Waals surface area contributed by atoms with Gasteiger partial charge in [-0.15, -0.1) is 13.2 Å². The molecule has 0 saturated carbocycles. The van der Waals surface area contributed by atoms with E-state index in [0.29, 0.717) is 36.1 Å². The second-order valence-corrected chi connectivity index (χ2v) is 6.70. The fourth-order valence-corrected chi connectivity index (χ4v) is 3.25. The molecule has 2 aromatic rings. The van der Waals surface area contributed by atoms with Gasteiger partial charge >= 0.3 is 12.3 Å². The summed E-state index contributed by atoms with van der Waals surface area (Å²) in [6, 6.07) is 3.43. The molecule has 0 N–H and O–H groups in total. The van der Waals surface area contributed by atoms with Gasteiger partial charge in [0.1, 0.15) is 11.6 Å². The molecule has 1 aliphatic rings. The lowest BCUT2D eigenvalue weighted by Crippen LogP contribution is -2.19. The van der Waals surface area contributed by atoms with Crippen molar-refractivity contribution in [1.29, 1.82) is 0 Å². The number of ether oxygens (including phenoxy) is 2. The zero-order valence-electron chi connectivity index (χ0n) is 15.7. The zero-order valence-corrected chi connectivity index (χ0v) is 15.7. The molecule has 0 spiro atoms. The van der Waals surface area contributed by atoms with Crippen LogP contribution in [0, 0.1) is 17.5 Å². The third-order valence-electron chi connectivity index (χ3n) is 4.53. The van der Waals surface area contributed by atoms with Crippen molar-refractivity contribution < 1.29 is 40.6 Å². The van der Waals surface area contributed by atoms with Crippen LogP contribution in [0.1, 0.15) is 47.7 Å². The summed E-state index contributed by atoms with van der Waals surface area (Å²) >= 11 is 0. The molecule has 0 aliphatic heterocycles. The van der Waals surface area contributed by atoms with E-state index >= 15 is 0 Å². The van der Waals surface area contributed by atoms with E-state index in [1.54, 1.807) is 6.07 Å². The largest absolute Gasteiger partial charge is 0.573 e. The van der Waals surface area contributed by atoms with Crippen LogP contribution in [0.3, 0.4) is 0 Å². The van der Waals surface area contributed by atoms with Crippen molar-refractivity contribution in [2.75, 3.05) is 0 Å². The average Bonchev–Trinajstić information content (AvgIpc) is 2.64. The predicted octanol–water partition coefficient (Wildman–Crippen LogP) is 6.35. The van der Waals surface area contributed by atoms with Gasteiger partial charge in [-0.2, -0.15) is 0 Å². The molecule has 1 aliphatic carbocycles. The molecule has 3 nitrogen and oxygen atoms in total. The SMILES string of the molecule is CCCC1=Cc2ccc(C(=O)Oc3cc(F)c(OC(F)(F)F)c(F)c3)c(F)c2CC1. The highest BCUT2D eigenvalue weighted by molar-refractivity contribution is 5.92. The predicted molar refractivity (Wildman–Crippen MR) is 95.6 cm³/mol. The molecule has 2 aromatic carbocycles. The molecule has 0 aromatic heterocycles. The number of benzene rings is 2. The van der Waals surface area contributed by atoms with Gasteiger partial charge in [0.15, 0.2) is 11.6 Å². The molecule has 160 valence electrons. The fraction of sp³-hybridized carbons (Fsp3) is 0.286. The summed E-state index contributed by atoms with van der Waals surface area (Å²) in [6.07, 6.45) is -0.569. The van der Waals surface area contributed by atoms with Crippen LogP contribution in [-0.4, -0.2) is 12.3 Å². The first-order chi connectivity index (χ1) is 14.1. The summed E-state index contributed by atoms with van der Waals surface area (Å²) in [5, 5.41) is 0. The fourth-order valence-electron chi connectivity index (χ4n) is 3.25. The molecule has 0 radical (unpaired) electrons. The van der Waals surface area contributed by atoms with Gasteiger partial charge in [-0.3, -0.25) is 0 Å². The number of carbonyl (C=O) groups excluding carboxylic acids is 1. The van der Waals surface area contributed by atoms with Crippen LogP contribution in [-0.2, 0) is 6.42 Å². The van der Waals surface area contributed by atoms with Crippen LogP contribution < -0.4 is 9.47 Å². The number of alkyl halides is 3. The third kappa shape index (κ3) is 4.77. The van der Waals surface area contributed by atoms with Crippen LogP contribution in [0.2, 0.25) is 0 Å². The number of halogens is 6. The van der Waals surface area contributed by atoms with E-state index in [-0.39, 0.29) is 0 Å². The third-order valence-corrected chi connectivity index (χ3v) is 4.53. The van der Waals surface area contributed by atoms with Crippen molar-refractivity contribution in [3.8, 4) is 11.5 Å². The number of allylic oxidation sites excluding steroid dienone is 1. The Balaban J connectivity index is 1.84. The van der Waals surface area contributed by atoms with Crippen molar-refractivity contribution >= 4 is 12.0 Å². The minimum absolute atomic E-state index is 0.329. The quantitative estimate of drug-likeness (QED) is 0.315. The lowest BCUT2D eigenvalue weighted by molar-refractivity contribution is -0.276. The molecule has 0 saturated heterocycles. The first-order valence-electron chi connectivity index (χ1n) is 9.07. The lowest BCUT2D eigenvalue weighted by Gasteiger charge is -2.18. The summed E-state index contributed by atoms with van der Waals surface area (Å²) < 4.78 is 86.9. The van der Waals surface area contributed by atoms with E-state index < -0.39 is 46.8 Å². The van der Waals surface area contributed by atoms with E-state index in [2.05, 4.69) is 4.74 Å². The maximum Gasteiger partial charge on any atom is 0.573 e. The highest BCUT2D eigenvalue weighted by atomic mass is 19.4. The molecule has 0 bridgehead atoms. The number of carbonyl (C=O) groups is 1. The Hall–Kier alpha value is -2.97. The number of hydrogen-bond acceptors (Lipinski definition) is 3. The Bertz CT molecular complexity index is 988. The minimum atomic E-state index is -5.31. The standard InChI is InChI=1S/C21H16F6O3/c1-2-3-11-4-6-14-12(8-11)5-7-15(18(14)24)20(28)29-13-9-16(22)19(17(23)10-13)30-21(25,26)27/h5,7-10H,2-4,6H2,1H3. The molecule has 0 atom stereocenters. The number of fused-ring (bicyclic) bond motifs is 1. The van der Waals surface area contributed by atoms with Crippen molar-refractivity contribution in [1.82, 2.24) is 0 Å². The molecule has 0 heterocycles. The van der Waals surface area contributed by atoms with Crippen molar-refractivity contribution in [3.05, 3.63) is 64.0 Å². The number of rotatable bonds is 5. The molecule has 0 fully saturated rings. The van der Waals surface area contributed by atoms with Crippen LogP contribution >= 0.6 is 0 Å². The van der Waals surface area contributed by atoms with Crippen LogP contribution in [0.15, 0.2) is 29.8 Å². The average molecular weight is 430 g/mol. The topological polar surface area (TPSA) is 35.5 Å². The molecule has 30 heavy (non-hydrogen) atoms. The van der Waals surface area contributed by atoms with Gasteiger partial charge in [-0.05, 0) is 36.5 Å². The van der Waals surface area contributed by atoms with E-state index in [0.717, 1.165) is 12.8 Å². The highest BCUT2D eigenvalue weighted by Gasteiger charge is 2.34. The summed E-state index contributed by atoms with van der Waals surface area (Å²) in [5.41, 5.74) is 1.70. The van der Waals surface area contributed by atoms with E-state index in [4.69, 9.17) is 4.74 Å². The second-order valence-electron chi connectivity index (χ2n) is 6.70. The van der Waals surface area contributed by atoms with Gasteiger partial charge in [-0.1, -0.05) is 31.1 Å². The van der Waals surface area contributed by atoms with E-state index in [9.17, 15) is 31.1 Å². The summed E-state index contributed by atoms with van der Waals surface area (Å²) in [4.78, 5) is 12.3. The Labute approximate surface area is 167 Å². The molecular weight excluding hydrogens is 414 g/mol. The monoisotopic (exact) mass is 430 g/mol. The van der Waals surface area contributed by atoms with Gasteiger partial charge in [-0.25, -0.2) is 18.0 Å². The Morgan fingerprint density at radius 2 is 1.73 bits per heavy atom. The molecule has 0 amide bonds. The Morgan fingerprint density at radius 1 is 1.07 bits per heavy atom. The second kappa shape index (κ2) is 8.41. The van der Waals surface area contributed by atoms with E-state index in [1.807, 2.05) is 13.0 Å². The lowest BCUT2D eigenvalue weighted by atomic mass is 9.88. The minimum Gasteiger partial charge on any atom is -0.423 e. The molecular formula is C21H16F6O3. The first-order valence-corrected chi connectivity index (χ1v) is 9.07. The normalized spacial score (nSPS) is 13.5. The maximum atomic E-state index is 14.8. The van der Waals surface area contributed by atoms with Crippen molar-refractivity contribution in [2.24, 2.45) is 0 Å². The Morgan fingerprint density at radius 3 is 2.33 bits per heavy atom. The smallest absolute Gasteiger partial charge is 0.423 e. The Kier molecular flexibility index (Phi) is 6.09. The van der Waals surface area contributed by atoms with Gasteiger partial charge < -0.3 is 9.47 Å². The summed E-state index contributed by atoms with van der Waals surface area (Å²) in [6.45, 7) is 2.03. The summed E-state index contributed by atoms with van der Waals surface area (Å²) in [5.74, 6) is -7.91. The number of esters is 1. The first kappa shape index (κ1) is 21.7. The molecule has 0 unspecified atom stereocenters. The van der Waals surface area contributed by atoms with Crippen molar-refractivity contribution in [3.63, 3.8) is 0 Å². The van der Waals surface area contributed by atoms with Crippen LogP contribution in [0.4, 0.5) is 26.3 Å². The van der Waals surface area contributed by atoms with Crippen molar-refractivity contribution in [2.45, 2.75) is 39.0 Å². The van der Waals surface area contributed by atoms with Crippen LogP contribution in [0.25, 0.3) is 6.08 Å². The van der Waals surface area contributed by atoms with E-state index in [1.165, 1.54) is 11.6 Å². The highest BCUT2D eigenvalue weighted by Crippen LogP contribution is 2.33.